The highest BCUT2D eigenvalue weighted by atomic mass is 16.6. The monoisotopic (exact) mass is 206 g/mol. The second kappa shape index (κ2) is 3.57. The zero-order chi connectivity index (χ0) is 11.0. The number of aryl methyl sites for hydroxylation is 1. The summed E-state index contributed by atoms with van der Waals surface area (Å²) in [4.78, 5) is 11.0. The molecule has 2 aromatic rings. The smallest absolute Gasteiger partial charge is 0.391 e. The van der Waals surface area contributed by atoms with E-state index in [4.69, 9.17) is 8.83 Å². The molecule has 15 heavy (non-hydrogen) atoms. The fourth-order valence-electron chi connectivity index (χ4n) is 1.91. The van der Waals surface area contributed by atoms with Gasteiger partial charge in [-0.1, -0.05) is 26.8 Å². The summed E-state index contributed by atoms with van der Waals surface area (Å²) in [6.07, 6.45) is 0.841. The summed E-state index contributed by atoms with van der Waals surface area (Å²) in [6.45, 7) is 6.30. The SMILES string of the molecule is CCc1c(C(C)C)ccc2oc(=O)oc12. The maximum atomic E-state index is 11.0. The second-order valence-electron chi connectivity index (χ2n) is 3.92. The van der Waals surface area contributed by atoms with Crippen LogP contribution >= 0.6 is 0 Å². The topological polar surface area (TPSA) is 43.4 Å². The first-order valence-corrected chi connectivity index (χ1v) is 5.19. The molecule has 0 spiro atoms. The van der Waals surface area contributed by atoms with Gasteiger partial charge in [-0.25, -0.2) is 4.79 Å². The molecule has 0 amide bonds. The average Bonchev–Trinajstić information content (AvgIpc) is 2.55. The Balaban J connectivity index is 2.80. The Hall–Kier alpha value is -1.51. The number of fused-ring (bicyclic) bond motifs is 1. The van der Waals surface area contributed by atoms with Crippen LogP contribution in [0.25, 0.3) is 11.2 Å². The number of hydrogen-bond donors (Lipinski definition) is 0. The summed E-state index contributed by atoms with van der Waals surface area (Å²) >= 11 is 0. The van der Waals surface area contributed by atoms with Crippen LogP contribution in [0.3, 0.4) is 0 Å². The van der Waals surface area contributed by atoms with Crippen molar-refractivity contribution >= 4 is 11.2 Å². The van der Waals surface area contributed by atoms with Crippen LogP contribution in [0, 0.1) is 0 Å². The van der Waals surface area contributed by atoms with Crippen molar-refractivity contribution in [2.24, 2.45) is 0 Å². The Labute approximate surface area is 87.7 Å². The third-order valence-corrected chi connectivity index (χ3v) is 2.61. The molecule has 3 nitrogen and oxygen atoms in total. The molecule has 2 rings (SSSR count). The van der Waals surface area contributed by atoms with Gasteiger partial charge in [-0.2, -0.15) is 0 Å². The first-order valence-electron chi connectivity index (χ1n) is 5.19. The molecule has 3 heteroatoms. The molecule has 0 bridgehead atoms. The van der Waals surface area contributed by atoms with E-state index in [1.807, 2.05) is 13.0 Å². The van der Waals surface area contributed by atoms with Crippen molar-refractivity contribution in [2.75, 3.05) is 0 Å². The second-order valence-corrected chi connectivity index (χ2v) is 3.92. The average molecular weight is 206 g/mol. The van der Waals surface area contributed by atoms with Crippen molar-refractivity contribution in [3.63, 3.8) is 0 Å². The van der Waals surface area contributed by atoms with Crippen molar-refractivity contribution in [1.29, 1.82) is 0 Å². The fourth-order valence-corrected chi connectivity index (χ4v) is 1.91. The lowest BCUT2D eigenvalue weighted by Gasteiger charge is -2.10. The van der Waals surface area contributed by atoms with Crippen molar-refractivity contribution in [1.82, 2.24) is 0 Å². The van der Waals surface area contributed by atoms with Crippen molar-refractivity contribution in [2.45, 2.75) is 33.1 Å². The fraction of sp³-hybridized carbons (Fsp3) is 0.417. The third-order valence-electron chi connectivity index (χ3n) is 2.61. The molecule has 0 atom stereocenters. The van der Waals surface area contributed by atoms with Gasteiger partial charge in [0, 0.05) is 5.56 Å². The lowest BCUT2D eigenvalue weighted by molar-refractivity contribution is 0.408. The largest absolute Gasteiger partial charge is 0.519 e. The van der Waals surface area contributed by atoms with Crippen molar-refractivity contribution in [3.05, 3.63) is 33.9 Å². The van der Waals surface area contributed by atoms with Gasteiger partial charge in [-0.3, -0.25) is 0 Å². The normalized spacial score (nSPS) is 11.5. The first kappa shape index (κ1) is 10.0. The minimum Gasteiger partial charge on any atom is -0.391 e. The van der Waals surface area contributed by atoms with Gasteiger partial charge >= 0.3 is 5.82 Å². The van der Waals surface area contributed by atoms with E-state index in [-0.39, 0.29) is 0 Å². The summed E-state index contributed by atoms with van der Waals surface area (Å²) in [6, 6.07) is 3.80. The number of hydrogen-bond acceptors (Lipinski definition) is 3. The molecule has 0 fully saturated rings. The molecule has 0 saturated heterocycles. The standard InChI is InChI=1S/C12H14O3/c1-4-8-9(7(2)3)5-6-10-11(8)15-12(13)14-10/h5-7H,4H2,1-3H3. The van der Waals surface area contributed by atoms with Gasteiger partial charge in [0.1, 0.15) is 0 Å². The molecule has 0 unspecified atom stereocenters. The lowest BCUT2D eigenvalue weighted by Crippen LogP contribution is -1.95. The van der Waals surface area contributed by atoms with Crippen LogP contribution in [0.4, 0.5) is 0 Å². The van der Waals surface area contributed by atoms with Crippen LogP contribution in [-0.2, 0) is 6.42 Å². The highest BCUT2D eigenvalue weighted by Crippen LogP contribution is 2.27. The summed E-state index contributed by atoms with van der Waals surface area (Å²) < 4.78 is 9.98. The number of rotatable bonds is 2. The van der Waals surface area contributed by atoms with E-state index < -0.39 is 5.82 Å². The maximum Gasteiger partial charge on any atom is 0.519 e. The molecule has 80 valence electrons. The molecule has 0 radical (unpaired) electrons. The molecule has 1 heterocycles. The Bertz CT molecular complexity index is 531. The molecule has 0 aliphatic carbocycles. The molecular weight excluding hydrogens is 192 g/mol. The summed E-state index contributed by atoms with van der Waals surface area (Å²) in [5.74, 6) is -0.204. The Morgan fingerprint density at radius 1 is 1.27 bits per heavy atom. The first-order chi connectivity index (χ1) is 7.13. The minimum atomic E-state index is -0.624. The van der Waals surface area contributed by atoms with Crippen molar-refractivity contribution < 1.29 is 8.83 Å². The quantitative estimate of drug-likeness (QED) is 0.758. The zero-order valence-corrected chi connectivity index (χ0v) is 9.16. The van der Waals surface area contributed by atoms with Gasteiger partial charge in [0.15, 0.2) is 11.2 Å². The van der Waals surface area contributed by atoms with E-state index in [2.05, 4.69) is 13.8 Å². The van der Waals surface area contributed by atoms with Gasteiger partial charge in [0.25, 0.3) is 0 Å². The highest BCUT2D eigenvalue weighted by Gasteiger charge is 2.14. The lowest BCUT2D eigenvalue weighted by atomic mass is 9.95. The molecule has 0 aliphatic rings. The molecule has 0 saturated carbocycles. The predicted octanol–water partition coefficient (Wildman–Crippen LogP) is 3.07. The van der Waals surface area contributed by atoms with Crippen LogP contribution in [-0.4, -0.2) is 0 Å². The Kier molecular flexibility index (Phi) is 2.39. The molecular formula is C12H14O3. The van der Waals surface area contributed by atoms with E-state index >= 15 is 0 Å². The van der Waals surface area contributed by atoms with Crippen LogP contribution in [0.15, 0.2) is 25.8 Å². The summed E-state index contributed by atoms with van der Waals surface area (Å²) in [7, 11) is 0. The van der Waals surface area contributed by atoms with E-state index in [1.165, 1.54) is 5.56 Å². The Morgan fingerprint density at radius 3 is 2.60 bits per heavy atom. The minimum absolute atomic E-state index is 0.421. The van der Waals surface area contributed by atoms with Crippen LogP contribution < -0.4 is 5.82 Å². The summed E-state index contributed by atoms with van der Waals surface area (Å²) in [5, 5.41) is 0. The van der Waals surface area contributed by atoms with Crippen LogP contribution in [0.1, 0.15) is 37.8 Å². The van der Waals surface area contributed by atoms with E-state index in [1.54, 1.807) is 6.07 Å². The molecule has 1 aromatic heterocycles. The summed E-state index contributed by atoms with van der Waals surface area (Å²) in [5.41, 5.74) is 3.44. The van der Waals surface area contributed by atoms with E-state index in [9.17, 15) is 4.79 Å². The Morgan fingerprint density at radius 2 is 2.00 bits per heavy atom. The van der Waals surface area contributed by atoms with Gasteiger partial charge in [0.2, 0.25) is 0 Å². The van der Waals surface area contributed by atoms with Crippen molar-refractivity contribution in [3.8, 4) is 0 Å². The molecule has 1 aromatic carbocycles. The van der Waals surface area contributed by atoms with Gasteiger partial charge in [-0.15, -0.1) is 0 Å². The van der Waals surface area contributed by atoms with E-state index in [0.29, 0.717) is 17.1 Å². The molecule has 0 aliphatic heterocycles. The van der Waals surface area contributed by atoms with Gasteiger partial charge in [0.05, 0.1) is 0 Å². The van der Waals surface area contributed by atoms with Crippen LogP contribution in [0.2, 0.25) is 0 Å². The van der Waals surface area contributed by atoms with E-state index in [0.717, 1.165) is 12.0 Å². The van der Waals surface area contributed by atoms with Gasteiger partial charge in [-0.05, 0) is 24.0 Å². The third kappa shape index (κ3) is 1.58. The highest BCUT2D eigenvalue weighted by molar-refractivity contribution is 5.75. The molecule has 0 N–H and O–H groups in total. The number of benzene rings is 1. The maximum absolute atomic E-state index is 11.0. The van der Waals surface area contributed by atoms with Gasteiger partial charge < -0.3 is 8.83 Å². The van der Waals surface area contributed by atoms with Crippen LogP contribution in [0.5, 0.6) is 0 Å². The zero-order valence-electron chi connectivity index (χ0n) is 9.16. The predicted molar refractivity (Wildman–Crippen MR) is 58.2 cm³/mol.